The molecule has 2 saturated heterocycles. The molecule has 7 nitrogen and oxygen atoms in total. The number of benzene rings is 1. The number of likely N-dealkylation sites (tertiary alicyclic amines) is 1. The molecule has 27 heavy (non-hydrogen) atoms. The van der Waals surface area contributed by atoms with Gasteiger partial charge in [-0.05, 0) is 38.6 Å². The Morgan fingerprint density at radius 1 is 1.22 bits per heavy atom. The molecule has 0 spiro atoms. The van der Waals surface area contributed by atoms with E-state index in [-0.39, 0.29) is 30.1 Å². The lowest BCUT2D eigenvalue weighted by molar-refractivity contribution is -0.127. The van der Waals surface area contributed by atoms with Crippen molar-refractivity contribution < 1.29 is 14.3 Å². The van der Waals surface area contributed by atoms with Crippen LogP contribution in [0, 0.1) is 12.8 Å². The Kier molecular flexibility index (Phi) is 6.34. The highest BCUT2D eigenvalue weighted by molar-refractivity contribution is 5.80. The minimum atomic E-state index is -0.215. The summed E-state index contributed by atoms with van der Waals surface area (Å²) < 4.78 is 5.93. The molecule has 2 aliphatic heterocycles. The molecule has 0 aliphatic carbocycles. The number of hydrogen-bond acceptors (Lipinski definition) is 4. The quantitative estimate of drug-likeness (QED) is 0.778. The largest absolute Gasteiger partial charge is 0.370 e. The van der Waals surface area contributed by atoms with Crippen LogP contribution in [0.4, 0.5) is 4.79 Å². The number of hydrogen-bond donors (Lipinski definition) is 2. The fourth-order valence-corrected chi connectivity index (χ4v) is 3.72. The minimum Gasteiger partial charge on any atom is -0.370 e. The summed E-state index contributed by atoms with van der Waals surface area (Å²) in [6, 6.07) is 7.93. The number of fused-ring (bicyclic) bond motifs is 2. The fraction of sp³-hybridized carbons (Fsp3) is 0.600. The Hall–Kier alpha value is -2.12. The second-order valence-electron chi connectivity index (χ2n) is 7.72. The van der Waals surface area contributed by atoms with Crippen LogP contribution in [0.3, 0.4) is 0 Å². The standard InChI is InChI=1S/C20H30N4O3/c1-14-6-4-5-7-15(14)11-22-20(26)24-12-16-10-17(18(13-24)27-16)19(25)21-8-9-23(2)3/h4-7,16-18H,8-13H2,1-3H3,(H,21,25)(H,22,26)/t16-,17+,18-/m1/s1. The van der Waals surface area contributed by atoms with Crippen molar-refractivity contribution in [3.05, 3.63) is 35.4 Å². The SMILES string of the molecule is Cc1ccccc1CNC(=O)N1C[C@H]2C[C@H](C(=O)NCCN(C)C)[C@@H](C1)O2. The zero-order valence-electron chi connectivity index (χ0n) is 16.4. The molecular formula is C20H30N4O3. The lowest BCUT2D eigenvalue weighted by atomic mass is 9.99. The molecule has 0 radical (unpaired) electrons. The van der Waals surface area contributed by atoms with E-state index in [1.54, 1.807) is 4.90 Å². The third kappa shape index (κ3) is 4.99. The number of aryl methyl sites for hydroxylation is 1. The zero-order valence-corrected chi connectivity index (χ0v) is 16.4. The van der Waals surface area contributed by atoms with Crippen molar-refractivity contribution in [2.45, 2.75) is 32.1 Å². The van der Waals surface area contributed by atoms with E-state index in [0.717, 1.165) is 17.7 Å². The van der Waals surface area contributed by atoms with Crippen molar-refractivity contribution in [2.24, 2.45) is 5.92 Å². The van der Waals surface area contributed by atoms with Gasteiger partial charge in [-0.15, -0.1) is 0 Å². The monoisotopic (exact) mass is 374 g/mol. The maximum absolute atomic E-state index is 12.6. The zero-order chi connectivity index (χ0) is 19.4. The van der Waals surface area contributed by atoms with Crippen LogP contribution in [0.25, 0.3) is 0 Å². The fourth-order valence-electron chi connectivity index (χ4n) is 3.72. The highest BCUT2D eigenvalue weighted by Crippen LogP contribution is 2.32. The average Bonchev–Trinajstić information content (AvgIpc) is 2.94. The number of ether oxygens (including phenoxy) is 1. The molecule has 3 rings (SSSR count). The van der Waals surface area contributed by atoms with E-state index in [2.05, 4.69) is 10.6 Å². The molecule has 3 atom stereocenters. The van der Waals surface area contributed by atoms with Gasteiger partial charge in [0.25, 0.3) is 0 Å². The van der Waals surface area contributed by atoms with Gasteiger partial charge in [0.15, 0.2) is 0 Å². The van der Waals surface area contributed by atoms with Gasteiger partial charge < -0.3 is 25.2 Å². The maximum Gasteiger partial charge on any atom is 0.317 e. The number of carbonyl (C=O) groups excluding carboxylic acids is 2. The lowest BCUT2D eigenvalue weighted by Crippen LogP contribution is -2.51. The van der Waals surface area contributed by atoms with Gasteiger partial charge >= 0.3 is 6.03 Å². The summed E-state index contributed by atoms with van der Waals surface area (Å²) in [4.78, 5) is 28.9. The lowest BCUT2D eigenvalue weighted by Gasteiger charge is -2.32. The number of likely N-dealkylation sites (N-methyl/N-ethyl adjacent to an activating group) is 1. The number of rotatable bonds is 6. The first-order chi connectivity index (χ1) is 12.9. The molecule has 2 fully saturated rings. The molecule has 3 amide bonds. The number of nitrogens with one attached hydrogen (secondary N) is 2. The summed E-state index contributed by atoms with van der Waals surface area (Å²) in [5.74, 6) is -0.141. The Labute approximate surface area is 161 Å². The Balaban J connectivity index is 1.50. The first-order valence-corrected chi connectivity index (χ1v) is 9.59. The summed E-state index contributed by atoms with van der Waals surface area (Å²) >= 11 is 0. The van der Waals surface area contributed by atoms with Crippen LogP contribution >= 0.6 is 0 Å². The van der Waals surface area contributed by atoms with Crippen molar-refractivity contribution in [3.63, 3.8) is 0 Å². The van der Waals surface area contributed by atoms with E-state index in [4.69, 9.17) is 4.74 Å². The molecule has 0 aromatic heterocycles. The molecule has 1 aromatic carbocycles. The summed E-state index contributed by atoms with van der Waals surface area (Å²) in [5, 5.41) is 5.98. The molecule has 1 aromatic rings. The number of urea groups is 1. The van der Waals surface area contributed by atoms with E-state index in [1.807, 2.05) is 50.2 Å². The van der Waals surface area contributed by atoms with E-state index in [9.17, 15) is 9.59 Å². The summed E-state index contributed by atoms with van der Waals surface area (Å²) in [7, 11) is 3.95. The maximum atomic E-state index is 12.6. The van der Waals surface area contributed by atoms with Crippen LogP contribution in [0.15, 0.2) is 24.3 Å². The van der Waals surface area contributed by atoms with Crippen LogP contribution in [0.5, 0.6) is 0 Å². The van der Waals surface area contributed by atoms with Crippen LogP contribution in [-0.2, 0) is 16.1 Å². The molecular weight excluding hydrogens is 344 g/mol. The van der Waals surface area contributed by atoms with Gasteiger partial charge in [0, 0.05) is 32.7 Å². The first-order valence-electron chi connectivity index (χ1n) is 9.59. The van der Waals surface area contributed by atoms with Gasteiger partial charge in [0.05, 0.1) is 18.1 Å². The molecule has 0 saturated carbocycles. The number of nitrogens with zero attached hydrogens (tertiary/aromatic N) is 2. The predicted molar refractivity (Wildman–Crippen MR) is 103 cm³/mol. The van der Waals surface area contributed by atoms with E-state index < -0.39 is 0 Å². The molecule has 2 bridgehead atoms. The van der Waals surface area contributed by atoms with Crippen molar-refractivity contribution in [1.82, 2.24) is 20.4 Å². The van der Waals surface area contributed by atoms with Gasteiger partial charge in [-0.1, -0.05) is 24.3 Å². The van der Waals surface area contributed by atoms with Crippen molar-refractivity contribution in [3.8, 4) is 0 Å². The molecule has 148 valence electrons. The minimum absolute atomic E-state index is 0.0338. The highest BCUT2D eigenvalue weighted by atomic mass is 16.5. The van der Waals surface area contributed by atoms with Crippen LogP contribution in [0.2, 0.25) is 0 Å². The number of morpholine rings is 1. The van der Waals surface area contributed by atoms with Crippen LogP contribution < -0.4 is 10.6 Å². The number of carbonyl (C=O) groups is 2. The molecule has 7 heteroatoms. The van der Waals surface area contributed by atoms with Crippen molar-refractivity contribution >= 4 is 11.9 Å². The van der Waals surface area contributed by atoms with Crippen molar-refractivity contribution in [1.29, 1.82) is 0 Å². The summed E-state index contributed by atoms with van der Waals surface area (Å²) in [6.07, 6.45) is 0.407. The third-order valence-electron chi connectivity index (χ3n) is 5.33. The normalized spacial score (nSPS) is 24.1. The number of amides is 3. The second-order valence-corrected chi connectivity index (χ2v) is 7.72. The molecule has 2 aliphatic rings. The smallest absolute Gasteiger partial charge is 0.317 e. The van der Waals surface area contributed by atoms with Crippen LogP contribution in [-0.4, -0.2) is 74.2 Å². The van der Waals surface area contributed by atoms with Gasteiger partial charge in [0.2, 0.25) is 5.91 Å². The summed E-state index contributed by atoms with van der Waals surface area (Å²) in [5.41, 5.74) is 2.27. The van der Waals surface area contributed by atoms with E-state index >= 15 is 0 Å². The average molecular weight is 374 g/mol. The summed E-state index contributed by atoms with van der Waals surface area (Å²) in [6.45, 7) is 4.98. The topological polar surface area (TPSA) is 73.9 Å². The molecule has 2 N–H and O–H groups in total. The van der Waals surface area contributed by atoms with Crippen LogP contribution in [0.1, 0.15) is 17.5 Å². The highest BCUT2D eigenvalue weighted by Gasteiger charge is 2.45. The van der Waals surface area contributed by atoms with E-state index in [0.29, 0.717) is 32.6 Å². The predicted octanol–water partition coefficient (Wildman–Crippen LogP) is 0.972. The van der Waals surface area contributed by atoms with Crippen molar-refractivity contribution in [2.75, 3.05) is 40.3 Å². The van der Waals surface area contributed by atoms with Gasteiger partial charge in [-0.25, -0.2) is 4.79 Å². The second kappa shape index (κ2) is 8.71. The Morgan fingerprint density at radius 3 is 2.74 bits per heavy atom. The van der Waals surface area contributed by atoms with Gasteiger partial charge in [0.1, 0.15) is 0 Å². The molecule has 0 unspecified atom stereocenters. The van der Waals surface area contributed by atoms with E-state index in [1.165, 1.54) is 0 Å². The Bertz CT molecular complexity index is 679. The third-order valence-corrected chi connectivity index (χ3v) is 5.33. The first kappa shape index (κ1) is 19.6. The van der Waals surface area contributed by atoms with Gasteiger partial charge in [-0.3, -0.25) is 4.79 Å². The van der Waals surface area contributed by atoms with Gasteiger partial charge in [-0.2, -0.15) is 0 Å². The Morgan fingerprint density at radius 2 is 2.00 bits per heavy atom. The molecule has 2 heterocycles.